The summed E-state index contributed by atoms with van der Waals surface area (Å²) in [5.41, 5.74) is -0.757. The van der Waals surface area contributed by atoms with E-state index in [4.69, 9.17) is 27.6 Å². The first kappa shape index (κ1) is 20.9. The van der Waals surface area contributed by atoms with Crippen molar-refractivity contribution in [3.05, 3.63) is 33.8 Å². The summed E-state index contributed by atoms with van der Waals surface area (Å²) in [4.78, 5) is 0. The van der Waals surface area contributed by atoms with Gasteiger partial charge in [0.15, 0.2) is 8.32 Å². The minimum Gasteiger partial charge on any atom is -0.417 e. The summed E-state index contributed by atoms with van der Waals surface area (Å²) in [6, 6.07) is 4.93. The van der Waals surface area contributed by atoms with Gasteiger partial charge in [-0.2, -0.15) is 0 Å². The van der Waals surface area contributed by atoms with Gasteiger partial charge in [0.2, 0.25) is 0 Å². The Morgan fingerprint density at radius 1 is 1.13 bits per heavy atom. The van der Waals surface area contributed by atoms with Gasteiger partial charge >= 0.3 is 0 Å². The van der Waals surface area contributed by atoms with Crippen LogP contribution in [0.4, 0.5) is 0 Å². The zero-order valence-corrected chi connectivity index (χ0v) is 17.1. The third kappa shape index (κ3) is 5.45. The highest BCUT2D eigenvalue weighted by Gasteiger charge is 2.37. The monoisotopic (exact) mass is 378 g/mol. The molecule has 0 heterocycles. The molecule has 1 atom stereocenters. The third-order valence-electron chi connectivity index (χ3n) is 4.72. The average molecular weight is 379 g/mol. The Hall–Kier alpha value is -0.103. The minimum atomic E-state index is -1.79. The lowest BCUT2D eigenvalue weighted by Crippen LogP contribution is -2.41. The number of benzene rings is 1. The van der Waals surface area contributed by atoms with Crippen molar-refractivity contribution in [2.75, 3.05) is 13.2 Å². The van der Waals surface area contributed by atoms with Crippen LogP contribution in [0, 0.1) is 0 Å². The highest BCUT2D eigenvalue weighted by Crippen LogP contribution is 2.37. The molecule has 2 N–H and O–H groups in total. The van der Waals surface area contributed by atoms with Crippen LogP contribution in [0.1, 0.15) is 39.2 Å². The van der Waals surface area contributed by atoms with Crippen molar-refractivity contribution in [1.82, 2.24) is 0 Å². The highest BCUT2D eigenvalue weighted by molar-refractivity contribution is 6.74. The summed E-state index contributed by atoms with van der Waals surface area (Å²) in [6.07, 6.45) is 1.06. The fraction of sp³-hybridized carbons (Fsp3) is 0.647. The van der Waals surface area contributed by atoms with E-state index >= 15 is 0 Å². The predicted molar refractivity (Wildman–Crippen MR) is 99.8 cm³/mol. The smallest absolute Gasteiger partial charge is 0.191 e. The van der Waals surface area contributed by atoms with Gasteiger partial charge in [0.1, 0.15) is 5.60 Å². The maximum absolute atomic E-state index is 10.7. The molecule has 6 heteroatoms. The van der Waals surface area contributed by atoms with Crippen molar-refractivity contribution in [3.8, 4) is 0 Å². The van der Waals surface area contributed by atoms with Crippen LogP contribution in [0.5, 0.6) is 0 Å². The molecule has 0 fully saturated rings. The number of hydrogen-bond donors (Lipinski definition) is 2. The zero-order chi connectivity index (χ0) is 17.9. The van der Waals surface area contributed by atoms with Crippen molar-refractivity contribution in [1.29, 1.82) is 0 Å². The molecule has 0 aromatic heterocycles. The summed E-state index contributed by atoms with van der Waals surface area (Å²) in [6.45, 7) is 11.2. The van der Waals surface area contributed by atoms with Gasteiger partial charge in [-0.05, 0) is 48.7 Å². The number of aliphatic hydroxyl groups is 2. The molecule has 0 saturated heterocycles. The molecule has 0 unspecified atom stereocenters. The molecule has 3 nitrogen and oxygen atoms in total. The van der Waals surface area contributed by atoms with Crippen LogP contribution < -0.4 is 0 Å². The minimum absolute atomic E-state index is 0.157. The van der Waals surface area contributed by atoms with Gasteiger partial charge < -0.3 is 14.6 Å². The molecule has 0 amide bonds. The third-order valence-corrected chi connectivity index (χ3v) is 10.00. The molecule has 1 aromatic rings. The van der Waals surface area contributed by atoms with Crippen molar-refractivity contribution in [2.24, 2.45) is 0 Å². The van der Waals surface area contributed by atoms with E-state index in [1.165, 1.54) is 0 Å². The van der Waals surface area contributed by atoms with E-state index in [9.17, 15) is 10.2 Å². The molecule has 132 valence electrons. The molecule has 0 aliphatic carbocycles. The van der Waals surface area contributed by atoms with Crippen LogP contribution in [-0.4, -0.2) is 31.7 Å². The van der Waals surface area contributed by atoms with Crippen LogP contribution in [0.3, 0.4) is 0 Å². The molecule has 0 aliphatic rings. The Bertz CT molecular complexity index is 529. The maximum atomic E-state index is 10.7. The van der Waals surface area contributed by atoms with Crippen molar-refractivity contribution >= 4 is 31.5 Å². The van der Waals surface area contributed by atoms with Gasteiger partial charge in [-0.25, -0.2) is 0 Å². The summed E-state index contributed by atoms with van der Waals surface area (Å²) < 4.78 is 6.11. The Labute approximate surface area is 150 Å². The van der Waals surface area contributed by atoms with Crippen molar-refractivity contribution in [3.63, 3.8) is 0 Å². The van der Waals surface area contributed by atoms with Gasteiger partial charge in [-0.15, -0.1) is 0 Å². The molecule has 1 aromatic carbocycles. The fourth-order valence-corrected chi connectivity index (χ4v) is 3.39. The first-order valence-electron chi connectivity index (χ1n) is 7.86. The molecule has 0 saturated carbocycles. The lowest BCUT2D eigenvalue weighted by Gasteiger charge is -2.36. The standard InChI is InChI=1S/C17H28Cl2O3Si/c1-16(2,3)23(4,5)22-10-6-9-17(21,12-20)13-7-8-14(18)15(19)11-13/h7-8,11,20-21H,6,9-10,12H2,1-5H3/t17-/m0/s1. The highest BCUT2D eigenvalue weighted by atomic mass is 35.5. The Morgan fingerprint density at radius 2 is 1.74 bits per heavy atom. The van der Waals surface area contributed by atoms with E-state index in [2.05, 4.69) is 33.9 Å². The first-order valence-corrected chi connectivity index (χ1v) is 11.5. The predicted octanol–water partition coefficient (Wildman–Crippen LogP) is 4.98. The largest absolute Gasteiger partial charge is 0.417 e. The topological polar surface area (TPSA) is 49.7 Å². The maximum Gasteiger partial charge on any atom is 0.191 e. The van der Waals surface area contributed by atoms with Gasteiger partial charge in [0.25, 0.3) is 0 Å². The van der Waals surface area contributed by atoms with E-state index in [1.807, 2.05) is 0 Å². The van der Waals surface area contributed by atoms with E-state index < -0.39 is 13.9 Å². The average Bonchev–Trinajstić information content (AvgIpc) is 2.45. The Morgan fingerprint density at radius 3 is 2.22 bits per heavy atom. The number of hydrogen-bond acceptors (Lipinski definition) is 3. The summed E-state index contributed by atoms with van der Waals surface area (Å²) in [7, 11) is -1.79. The molecule has 23 heavy (non-hydrogen) atoms. The van der Waals surface area contributed by atoms with Crippen LogP contribution >= 0.6 is 23.2 Å². The molecule has 0 radical (unpaired) electrons. The number of aliphatic hydroxyl groups excluding tert-OH is 1. The summed E-state index contributed by atoms with van der Waals surface area (Å²) >= 11 is 11.9. The van der Waals surface area contributed by atoms with Gasteiger partial charge in [-0.3, -0.25) is 0 Å². The van der Waals surface area contributed by atoms with Crippen LogP contribution in [0.2, 0.25) is 28.2 Å². The van der Waals surface area contributed by atoms with E-state index in [0.29, 0.717) is 35.1 Å². The Kier molecular flexibility index (Phi) is 7.15. The lowest BCUT2D eigenvalue weighted by molar-refractivity contribution is -0.0299. The molecular formula is C17H28Cl2O3Si. The molecule has 0 bridgehead atoms. The van der Waals surface area contributed by atoms with Gasteiger partial charge in [0.05, 0.1) is 16.7 Å². The second-order valence-electron chi connectivity index (χ2n) is 7.53. The van der Waals surface area contributed by atoms with E-state index in [1.54, 1.807) is 18.2 Å². The van der Waals surface area contributed by atoms with Crippen LogP contribution in [-0.2, 0) is 10.0 Å². The van der Waals surface area contributed by atoms with Gasteiger partial charge in [-0.1, -0.05) is 50.0 Å². The van der Waals surface area contributed by atoms with Gasteiger partial charge in [0, 0.05) is 6.61 Å². The van der Waals surface area contributed by atoms with Crippen LogP contribution in [0.25, 0.3) is 0 Å². The summed E-state index contributed by atoms with van der Waals surface area (Å²) in [5.74, 6) is 0. The first-order chi connectivity index (χ1) is 10.4. The van der Waals surface area contributed by atoms with Crippen molar-refractivity contribution in [2.45, 2.75) is 57.3 Å². The van der Waals surface area contributed by atoms with E-state index in [0.717, 1.165) is 0 Å². The molecule has 0 aliphatic heterocycles. The number of halogens is 2. The second-order valence-corrected chi connectivity index (χ2v) is 13.2. The van der Waals surface area contributed by atoms with Crippen molar-refractivity contribution < 1.29 is 14.6 Å². The SMILES string of the molecule is CC(C)(C)[Si](C)(C)OCCC[C@](O)(CO)c1ccc(Cl)c(Cl)c1. The molecule has 1 rings (SSSR count). The quantitative estimate of drug-likeness (QED) is 0.519. The lowest BCUT2D eigenvalue weighted by atomic mass is 9.90. The zero-order valence-electron chi connectivity index (χ0n) is 14.6. The van der Waals surface area contributed by atoms with E-state index in [-0.39, 0.29) is 11.6 Å². The van der Waals surface area contributed by atoms with Crippen LogP contribution in [0.15, 0.2) is 18.2 Å². The molecular weight excluding hydrogens is 351 g/mol. The fourth-order valence-electron chi connectivity index (χ4n) is 2.01. The normalized spacial score (nSPS) is 15.5. The number of rotatable bonds is 7. The summed E-state index contributed by atoms with van der Waals surface area (Å²) in [5, 5.41) is 21.3. The second kappa shape index (κ2) is 7.85. The Balaban J connectivity index is 2.68. The molecule has 0 spiro atoms.